The van der Waals surface area contributed by atoms with E-state index >= 15 is 0 Å². The van der Waals surface area contributed by atoms with E-state index < -0.39 is 18.2 Å². The Morgan fingerprint density at radius 1 is 1.14 bits per heavy atom. The van der Waals surface area contributed by atoms with Crippen LogP contribution in [0.4, 0.5) is 4.79 Å². The molecule has 0 aromatic heterocycles. The maximum Gasteiger partial charge on any atom is 0.325 e. The Labute approximate surface area is 170 Å². The molecule has 2 unspecified atom stereocenters. The second-order valence-corrected chi connectivity index (χ2v) is 7.63. The average molecular weight is 400 g/mol. The van der Waals surface area contributed by atoms with Crippen molar-refractivity contribution < 1.29 is 14.3 Å². The molecule has 0 radical (unpaired) electrons. The van der Waals surface area contributed by atoms with Gasteiger partial charge >= 0.3 is 6.03 Å². The van der Waals surface area contributed by atoms with Crippen molar-refractivity contribution in [2.24, 2.45) is 4.99 Å². The van der Waals surface area contributed by atoms with Crippen molar-refractivity contribution in [3.63, 3.8) is 0 Å². The van der Waals surface area contributed by atoms with E-state index in [1.54, 1.807) is 14.2 Å². The molecule has 0 aliphatic carbocycles. The van der Waals surface area contributed by atoms with Crippen LogP contribution in [0.1, 0.15) is 5.56 Å². The van der Waals surface area contributed by atoms with Crippen molar-refractivity contribution in [2.45, 2.75) is 18.8 Å². The first-order chi connectivity index (χ1) is 14.1. The molecule has 3 aliphatic rings. The maximum atomic E-state index is 12.5. The van der Waals surface area contributed by atoms with Gasteiger partial charge in [0, 0.05) is 53.4 Å². The Morgan fingerprint density at radius 3 is 2.55 bits per heavy atom. The molecule has 3 aliphatic heterocycles. The molecule has 2 fully saturated rings. The lowest BCUT2D eigenvalue weighted by atomic mass is 10.1. The number of carbonyl (C=O) groups excluding carboxylic acids is 2. The molecule has 0 spiro atoms. The van der Waals surface area contributed by atoms with Crippen LogP contribution in [-0.2, 0) is 16.1 Å². The Balaban J connectivity index is 1.46. The van der Waals surface area contributed by atoms with Gasteiger partial charge in [-0.25, -0.2) is 9.79 Å². The number of hydrogen-bond acceptors (Lipinski definition) is 7. The summed E-state index contributed by atoms with van der Waals surface area (Å²) in [7, 11) is 3.32. The van der Waals surface area contributed by atoms with Crippen molar-refractivity contribution in [3.05, 3.63) is 35.9 Å². The number of benzene rings is 1. The number of methoxy groups -OCH3 is 1. The van der Waals surface area contributed by atoms with Gasteiger partial charge in [-0.3, -0.25) is 15.0 Å². The molecule has 1 aromatic carbocycles. The van der Waals surface area contributed by atoms with E-state index in [4.69, 9.17) is 9.73 Å². The van der Waals surface area contributed by atoms with Gasteiger partial charge in [-0.2, -0.15) is 0 Å². The number of ether oxygens (including phenoxy) is 1. The molecule has 156 valence electrons. The number of rotatable bonds is 5. The zero-order valence-corrected chi connectivity index (χ0v) is 17.0. The normalized spacial score (nSPS) is 25.2. The summed E-state index contributed by atoms with van der Waals surface area (Å²) < 4.78 is 5.25. The number of piperazine rings is 1. The molecule has 0 bridgehead atoms. The van der Waals surface area contributed by atoms with Crippen LogP contribution in [0.3, 0.4) is 0 Å². The van der Waals surface area contributed by atoms with Gasteiger partial charge in [0.1, 0.15) is 0 Å². The fraction of sp³-hybridized carbons (Fsp3) is 0.550. The predicted octanol–water partition coefficient (Wildman–Crippen LogP) is -0.00150. The Bertz CT molecular complexity index is 778. The highest BCUT2D eigenvalue weighted by Crippen LogP contribution is 2.26. The topological polar surface area (TPSA) is 80.7 Å². The first-order valence-corrected chi connectivity index (χ1v) is 10.0. The number of fused-ring (bicyclic) bond motifs is 1. The summed E-state index contributed by atoms with van der Waals surface area (Å²) in [6.45, 7) is 5.46. The highest BCUT2D eigenvalue weighted by atomic mass is 16.5. The lowest BCUT2D eigenvalue weighted by molar-refractivity contribution is -0.127. The van der Waals surface area contributed by atoms with Crippen LogP contribution >= 0.6 is 0 Å². The first-order valence-electron chi connectivity index (χ1n) is 10.0. The number of hydrogen-bond donors (Lipinski definition) is 1. The molecule has 29 heavy (non-hydrogen) atoms. The molecule has 0 saturated carbocycles. The number of carbonyl (C=O) groups is 2. The van der Waals surface area contributed by atoms with Crippen molar-refractivity contribution in [1.29, 1.82) is 0 Å². The van der Waals surface area contributed by atoms with Crippen molar-refractivity contribution >= 4 is 17.9 Å². The quantitative estimate of drug-likeness (QED) is 0.749. The third-order valence-electron chi connectivity index (χ3n) is 5.78. The summed E-state index contributed by atoms with van der Waals surface area (Å²) in [4.78, 5) is 37.5. The van der Waals surface area contributed by atoms with Crippen molar-refractivity contribution in [3.8, 4) is 0 Å². The summed E-state index contributed by atoms with van der Waals surface area (Å²) in [6, 6.07) is 9.55. The summed E-state index contributed by atoms with van der Waals surface area (Å²) in [5.74, 6) is 0.490. The van der Waals surface area contributed by atoms with Gasteiger partial charge in [0.25, 0.3) is 5.91 Å². The number of urea groups is 1. The lowest BCUT2D eigenvalue weighted by Crippen LogP contribution is -2.65. The van der Waals surface area contributed by atoms with Crippen molar-refractivity contribution in [1.82, 2.24) is 24.9 Å². The molecule has 1 N–H and O–H groups in total. The number of imide groups is 1. The minimum absolute atomic E-state index is 0.296. The fourth-order valence-corrected chi connectivity index (χ4v) is 4.15. The standard InChI is InChI=1S/C20H28N6O3/c1-23-17-16(18(27)22-20(23)28)26(12-13-29-2)19(21-17)25-10-8-24(9-11-25)14-15-6-4-3-5-7-15/h3-7,16-17H,8-14H2,1-2H3,(H,22,27,28). The van der Waals surface area contributed by atoms with E-state index in [9.17, 15) is 9.59 Å². The highest BCUT2D eigenvalue weighted by Gasteiger charge is 2.49. The second kappa shape index (κ2) is 8.38. The SMILES string of the molecule is COCCN1C(N2CCN(Cc3ccccc3)CC2)=NC2C1C(=O)NC(=O)N2C. The zero-order chi connectivity index (χ0) is 20.4. The van der Waals surface area contributed by atoms with E-state index in [0.29, 0.717) is 13.2 Å². The summed E-state index contributed by atoms with van der Waals surface area (Å²) in [6.07, 6.45) is -0.495. The number of nitrogens with zero attached hydrogens (tertiary/aromatic N) is 5. The molecule has 2 saturated heterocycles. The van der Waals surface area contributed by atoms with Crippen LogP contribution in [0.2, 0.25) is 0 Å². The van der Waals surface area contributed by atoms with Gasteiger partial charge in [-0.15, -0.1) is 0 Å². The molecular formula is C20H28N6O3. The van der Waals surface area contributed by atoms with E-state index in [2.05, 4.69) is 39.4 Å². The van der Waals surface area contributed by atoms with Crippen LogP contribution in [0.15, 0.2) is 35.3 Å². The van der Waals surface area contributed by atoms with E-state index in [0.717, 1.165) is 38.7 Å². The minimum Gasteiger partial charge on any atom is -0.383 e. The molecule has 2 atom stereocenters. The minimum atomic E-state index is -0.509. The number of amides is 3. The molecule has 1 aromatic rings. The van der Waals surface area contributed by atoms with Crippen LogP contribution in [-0.4, -0.2) is 103 Å². The van der Waals surface area contributed by atoms with E-state index in [-0.39, 0.29) is 5.91 Å². The third-order valence-corrected chi connectivity index (χ3v) is 5.78. The third kappa shape index (κ3) is 3.92. The fourth-order valence-electron chi connectivity index (χ4n) is 4.15. The largest absolute Gasteiger partial charge is 0.383 e. The number of aliphatic imine (C=N–C) groups is 1. The van der Waals surface area contributed by atoms with E-state index in [1.807, 2.05) is 11.0 Å². The molecule has 3 heterocycles. The van der Waals surface area contributed by atoms with Gasteiger partial charge in [0.05, 0.1) is 6.61 Å². The monoisotopic (exact) mass is 400 g/mol. The van der Waals surface area contributed by atoms with Crippen LogP contribution in [0.25, 0.3) is 0 Å². The van der Waals surface area contributed by atoms with E-state index in [1.165, 1.54) is 10.5 Å². The number of nitrogens with one attached hydrogen (secondary N) is 1. The first kappa shape index (κ1) is 19.7. The molecule has 3 amide bonds. The molecule has 4 rings (SSSR count). The smallest absolute Gasteiger partial charge is 0.325 e. The van der Waals surface area contributed by atoms with Gasteiger partial charge < -0.3 is 19.4 Å². The van der Waals surface area contributed by atoms with Gasteiger partial charge in [0.2, 0.25) is 0 Å². The van der Waals surface area contributed by atoms with Crippen LogP contribution in [0.5, 0.6) is 0 Å². The zero-order valence-electron chi connectivity index (χ0n) is 17.0. The average Bonchev–Trinajstić information content (AvgIpc) is 3.12. The molecule has 9 nitrogen and oxygen atoms in total. The van der Waals surface area contributed by atoms with Gasteiger partial charge in [0.15, 0.2) is 18.2 Å². The summed E-state index contributed by atoms with van der Waals surface area (Å²) in [5, 5.41) is 2.43. The molecular weight excluding hydrogens is 372 g/mol. The van der Waals surface area contributed by atoms with Gasteiger partial charge in [-0.1, -0.05) is 30.3 Å². The predicted molar refractivity (Wildman–Crippen MR) is 108 cm³/mol. The molecule has 9 heteroatoms. The van der Waals surface area contributed by atoms with Gasteiger partial charge in [-0.05, 0) is 5.56 Å². The van der Waals surface area contributed by atoms with Crippen LogP contribution < -0.4 is 5.32 Å². The number of likely N-dealkylation sites (N-methyl/N-ethyl adjacent to an activating group) is 1. The summed E-state index contributed by atoms with van der Waals surface area (Å²) >= 11 is 0. The Hall–Kier alpha value is -2.65. The number of guanidine groups is 1. The Kier molecular flexibility index (Phi) is 5.68. The lowest BCUT2D eigenvalue weighted by Gasteiger charge is -2.40. The van der Waals surface area contributed by atoms with Crippen LogP contribution in [0, 0.1) is 0 Å². The summed E-state index contributed by atoms with van der Waals surface area (Å²) in [5.41, 5.74) is 1.31. The maximum absolute atomic E-state index is 12.5. The Morgan fingerprint density at radius 2 is 1.86 bits per heavy atom. The second-order valence-electron chi connectivity index (χ2n) is 7.63. The van der Waals surface area contributed by atoms with Crippen molar-refractivity contribution in [2.75, 3.05) is 53.5 Å². The highest BCUT2D eigenvalue weighted by molar-refractivity contribution is 6.03.